The van der Waals surface area contributed by atoms with Gasteiger partial charge in [-0.25, -0.2) is 12.8 Å². The summed E-state index contributed by atoms with van der Waals surface area (Å²) in [7, 11) is -4.28. The summed E-state index contributed by atoms with van der Waals surface area (Å²) in [6.45, 7) is 5.46. The molecule has 0 unspecified atom stereocenters. The van der Waals surface area contributed by atoms with Crippen LogP contribution in [0.2, 0.25) is 5.02 Å². The van der Waals surface area contributed by atoms with Gasteiger partial charge in [0.25, 0.3) is 10.0 Å². The summed E-state index contributed by atoms with van der Waals surface area (Å²) in [6, 6.07) is 26.6. The van der Waals surface area contributed by atoms with Crippen LogP contribution in [-0.4, -0.2) is 44.3 Å². The van der Waals surface area contributed by atoms with E-state index in [-0.39, 0.29) is 40.4 Å². The van der Waals surface area contributed by atoms with Gasteiger partial charge < -0.3 is 10.2 Å². The summed E-state index contributed by atoms with van der Waals surface area (Å²) in [4.78, 5) is 29.6. The van der Waals surface area contributed by atoms with Gasteiger partial charge in [-0.3, -0.25) is 13.9 Å². The number of anilines is 1. The molecule has 0 aromatic heterocycles. The molecular weight excluding hydrogens is 613 g/mol. The van der Waals surface area contributed by atoms with Gasteiger partial charge in [0, 0.05) is 19.5 Å². The third-order valence-electron chi connectivity index (χ3n) is 7.23. The van der Waals surface area contributed by atoms with Gasteiger partial charge in [-0.2, -0.15) is 0 Å². The predicted molar refractivity (Wildman–Crippen MR) is 176 cm³/mol. The van der Waals surface area contributed by atoms with Crippen molar-refractivity contribution in [1.82, 2.24) is 10.2 Å². The fourth-order valence-electron chi connectivity index (χ4n) is 4.77. The van der Waals surface area contributed by atoms with Gasteiger partial charge in [0.2, 0.25) is 11.8 Å². The second kappa shape index (κ2) is 15.2. The molecule has 0 spiro atoms. The maximum absolute atomic E-state index is 14.4. The van der Waals surface area contributed by atoms with Crippen molar-refractivity contribution in [3.8, 4) is 0 Å². The van der Waals surface area contributed by atoms with E-state index < -0.39 is 34.3 Å². The normalized spacial score (nSPS) is 12.0. The largest absolute Gasteiger partial charge is 0.354 e. The van der Waals surface area contributed by atoms with Crippen molar-refractivity contribution in [2.45, 2.75) is 44.7 Å². The highest BCUT2D eigenvalue weighted by Crippen LogP contribution is 2.31. The third kappa shape index (κ3) is 8.93. The lowest BCUT2D eigenvalue weighted by Gasteiger charge is -2.34. The van der Waals surface area contributed by atoms with E-state index in [1.165, 1.54) is 47.4 Å². The number of carbonyl (C=O) groups is 2. The minimum absolute atomic E-state index is 0.0126. The van der Waals surface area contributed by atoms with Crippen molar-refractivity contribution >= 4 is 39.1 Å². The number of halogens is 2. The summed E-state index contributed by atoms with van der Waals surface area (Å²) in [5.74, 6) is -1.30. The smallest absolute Gasteiger partial charge is 0.264 e. The molecule has 2 amide bonds. The molecule has 10 heteroatoms. The Morgan fingerprint density at radius 3 is 2.09 bits per heavy atom. The van der Waals surface area contributed by atoms with Gasteiger partial charge in [0.15, 0.2) is 0 Å². The van der Waals surface area contributed by atoms with Gasteiger partial charge in [0.1, 0.15) is 18.4 Å². The van der Waals surface area contributed by atoms with Crippen LogP contribution < -0.4 is 9.62 Å². The van der Waals surface area contributed by atoms with Crippen LogP contribution in [0.25, 0.3) is 0 Å². The highest BCUT2D eigenvalue weighted by atomic mass is 35.5. The molecule has 45 heavy (non-hydrogen) atoms. The van der Waals surface area contributed by atoms with Crippen LogP contribution in [0, 0.1) is 18.7 Å². The summed E-state index contributed by atoms with van der Waals surface area (Å²) in [5, 5.41) is 3.08. The lowest BCUT2D eigenvalue weighted by Crippen LogP contribution is -2.53. The van der Waals surface area contributed by atoms with Crippen molar-refractivity contribution in [3.05, 3.63) is 131 Å². The topological polar surface area (TPSA) is 86.8 Å². The quantitative estimate of drug-likeness (QED) is 0.182. The minimum atomic E-state index is -4.28. The van der Waals surface area contributed by atoms with Crippen LogP contribution in [0.1, 0.15) is 30.5 Å². The number of rotatable bonds is 13. The number of nitrogens with one attached hydrogen (secondary N) is 1. The van der Waals surface area contributed by atoms with E-state index in [1.54, 1.807) is 30.3 Å². The fourth-order valence-corrected chi connectivity index (χ4v) is 6.49. The summed E-state index contributed by atoms with van der Waals surface area (Å²) in [6.07, 6.45) is 0.175. The number of carbonyl (C=O) groups excluding carboxylic acids is 2. The van der Waals surface area contributed by atoms with E-state index in [1.807, 2.05) is 51.1 Å². The number of aryl methyl sites for hydroxylation is 1. The van der Waals surface area contributed by atoms with Crippen molar-refractivity contribution in [2.75, 3.05) is 17.4 Å². The Balaban J connectivity index is 1.80. The van der Waals surface area contributed by atoms with E-state index in [0.717, 1.165) is 15.4 Å². The highest BCUT2D eigenvalue weighted by molar-refractivity contribution is 7.92. The third-order valence-corrected chi connectivity index (χ3v) is 9.32. The molecule has 0 aliphatic rings. The van der Waals surface area contributed by atoms with Crippen molar-refractivity contribution in [2.24, 2.45) is 5.92 Å². The summed E-state index contributed by atoms with van der Waals surface area (Å²) in [5.41, 5.74) is 2.38. The maximum atomic E-state index is 14.4. The van der Waals surface area contributed by atoms with E-state index in [9.17, 15) is 22.4 Å². The molecule has 4 aromatic carbocycles. The van der Waals surface area contributed by atoms with Crippen molar-refractivity contribution in [3.63, 3.8) is 0 Å². The molecule has 1 atom stereocenters. The Kier molecular flexibility index (Phi) is 11.4. The van der Waals surface area contributed by atoms with E-state index in [0.29, 0.717) is 12.1 Å². The first kappa shape index (κ1) is 33.7. The Bertz CT molecular complexity index is 1700. The predicted octanol–water partition coefficient (Wildman–Crippen LogP) is 6.40. The Hall–Kier alpha value is -4.21. The lowest BCUT2D eigenvalue weighted by atomic mass is 10.0. The Morgan fingerprint density at radius 2 is 1.47 bits per heavy atom. The number of hydrogen-bond acceptors (Lipinski definition) is 4. The number of benzene rings is 4. The first-order valence-electron chi connectivity index (χ1n) is 14.6. The zero-order chi connectivity index (χ0) is 32.6. The van der Waals surface area contributed by atoms with E-state index in [4.69, 9.17) is 11.6 Å². The first-order valence-corrected chi connectivity index (χ1v) is 16.5. The number of nitrogens with zero attached hydrogens (tertiary/aromatic N) is 2. The molecule has 236 valence electrons. The second-order valence-corrected chi connectivity index (χ2v) is 13.5. The summed E-state index contributed by atoms with van der Waals surface area (Å²) >= 11 is 6.51. The molecular formula is C35H37ClFN3O4S. The monoisotopic (exact) mass is 649 g/mol. The standard InChI is InChI=1S/C35H37ClFN3O4S/c1-25(2)22-38-35(42)33(21-27-9-5-4-6-10-27)39(23-28-15-17-29(37)18-16-28)34(41)24-40(32-12-8-7-11-31(32)36)45(43,44)30-19-13-26(3)14-20-30/h4-20,25,33H,21-24H2,1-3H3,(H,38,42)/t33-/m1/s1. The molecule has 7 nitrogen and oxygen atoms in total. The van der Waals surface area contributed by atoms with Crippen LogP contribution in [0.5, 0.6) is 0 Å². The first-order chi connectivity index (χ1) is 21.5. The van der Waals surface area contributed by atoms with E-state index >= 15 is 0 Å². The van der Waals surface area contributed by atoms with Gasteiger partial charge in [-0.1, -0.05) is 97.7 Å². The maximum Gasteiger partial charge on any atom is 0.264 e. The lowest BCUT2D eigenvalue weighted by molar-refractivity contribution is -0.140. The van der Waals surface area contributed by atoms with Crippen LogP contribution in [0.4, 0.5) is 10.1 Å². The molecule has 0 fully saturated rings. The fraction of sp³-hybridized carbons (Fsp3) is 0.257. The molecule has 0 bridgehead atoms. The molecule has 0 aliphatic heterocycles. The molecule has 0 saturated carbocycles. The molecule has 0 radical (unpaired) electrons. The zero-order valence-electron chi connectivity index (χ0n) is 25.5. The van der Waals surface area contributed by atoms with Crippen molar-refractivity contribution in [1.29, 1.82) is 0 Å². The number of sulfonamides is 1. The van der Waals surface area contributed by atoms with E-state index in [2.05, 4.69) is 5.32 Å². The molecule has 4 rings (SSSR count). The van der Waals surface area contributed by atoms with Crippen LogP contribution in [0.3, 0.4) is 0 Å². The second-order valence-electron chi connectivity index (χ2n) is 11.3. The van der Waals surface area contributed by atoms with Crippen molar-refractivity contribution < 1.29 is 22.4 Å². The van der Waals surface area contributed by atoms with Gasteiger partial charge in [-0.05, 0) is 60.4 Å². The molecule has 0 heterocycles. The number of hydrogen-bond donors (Lipinski definition) is 1. The molecule has 0 saturated heterocycles. The average molecular weight is 650 g/mol. The SMILES string of the molecule is Cc1ccc(S(=O)(=O)N(CC(=O)N(Cc2ccc(F)cc2)[C@H](Cc2ccccc2)C(=O)NCC(C)C)c2ccccc2Cl)cc1. The number of amides is 2. The molecule has 1 N–H and O–H groups in total. The minimum Gasteiger partial charge on any atom is -0.354 e. The Morgan fingerprint density at radius 1 is 0.844 bits per heavy atom. The van der Waals surface area contributed by atoms with Gasteiger partial charge in [0.05, 0.1) is 15.6 Å². The molecule has 0 aliphatic carbocycles. The molecule has 4 aromatic rings. The number of para-hydroxylation sites is 1. The summed E-state index contributed by atoms with van der Waals surface area (Å²) < 4.78 is 43.0. The van der Waals surface area contributed by atoms with Gasteiger partial charge >= 0.3 is 0 Å². The van der Waals surface area contributed by atoms with Gasteiger partial charge in [-0.15, -0.1) is 0 Å². The van der Waals surface area contributed by atoms with Crippen LogP contribution >= 0.6 is 11.6 Å². The van der Waals surface area contributed by atoms with Crippen LogP contribution in [0.15, 0.2) is 108 Å². The highest BCUT2D eigenvalue weighted by Gasteiger charge is 2.35. The zero-order valence-corrected chi connectivity index (χ0v) is 27.1. The Labute approximate surface area is 269 Å². The van der Waals surface area contributed by atoms with Crippen LogP contribution in [-0.2, 0) is 32.6 Å². The average Bonchev–Trinajstić information content (AvgIpc) is 3.02.